The molecule has 32 heavy (non-hydrogen) atoms. The molecule has 2 aliphatic heterocycles. The van der Waals surface area contributed by atoms with Crippen LogP contribution in [-0.2, 0) is 9.63 Å². The van der Waals surface area contributed by atoms with Gasteiger partial charge in [0.05, 0.1) is 19.5 Å². The Balaban J connectivity index is 1.46. The highest BCUT2D eigenvalue weighted by Crippen LogP contribution is 2.57. The largest absolute Gasteiger partial charge is 0.493 e. The van der Waals surface area contributed by atoms with E-state index >= 15 is 0 Å². The highest BCUT2D eigenvalue weighted by molar-refractivity contribution is 8.77. The number of carbonyl (C=O) groups excluding carboxylic acids is 1. The Morgan fingerprint density at radius 1 is 1.31 bits per heavy atom. The van der Waals surface area contributed by atoms with Crippen LogP contribution < -0.4 is 25.9 Å². The van der Waals surface area contributed by atoms with Gasteiger partial charge in [-0.15, -0.1) is 0 Å². The van der Waals surface area contributed by atoms with Crippen LogP contribution in [0.3, 0.4) is 0 Å². The van der Waals surface area contributed by atoms with Crippen LogP contribution in [0.4, 0.5) is 5.69 Å². The van der Waals surface area contributed by atoms with Crippen LogP contribution in [-0.4, -0.2) is 58.3 Å². The predicted octanol–water partition coefficient (Wildman–Crippen LogP) is 1.16. The molecule has 5 unspecified atom stereocenters. The SMILES string of the molecule is COc1ccc2cc(NC(=O)C34CC5(O)C(C=CC(O)C5ON3)SS4)c(=O)oc2c1OC. The molecule has 1 aromatic carbocycles. The van der Waals surface area contributed by atoms with Crippen molar-refractivity contribution in [2.24, 2.45) is 0 Å². The quantitative estimate of drug-likeness (QED) is 0.285. The van der Waals surface area contributed by atoms with Gasteiger partial charge in [0.2, 0.25) is 5.75 Å². The number of methoxy groups -OCH3 is 2. The van der Waals surface area contributed by atoms with Crippen molar-refractivity contribution in [1.29, 1.82) is 0 Å². The Morgan fingerprint density at radius 2 is 2.12 bits per heavy atom. The number of carbonyl (C=O) groups is 1. The summed E-state index contributed by atoms with van der Waals surface area (Å²) < 4.78 is 15.9. The third-order valence-corrected chi connectivity index (χ3v) is 9.15. The maximum absolute atomic E-state index is 13.3. The number of rotatable bonds is 4. The van der Waals surface area contributed by atoms with Crippen molar-refractivity contribution in [2.75, 3.05) is 19.5 Å². The normalized spacial score (nSPS) is 33.1. The third-order valence-electron chi connectivity index (χ3n) is 5.82. The Bertz CT molecular complexity index is 1190. The average molecular weight is 481 g/mol. The number of fused-ring (bicyclic) bond motifs is 2. The summed E-state index contributed by atoms with van der Waals surface area (Å²) in [6.45, 7) is 0. The lowest BCUT2D eigenvalue weighted by Crippen LogP contribution is -2.73. The maximum Gasteiger partial charge on any atom is 0.360 e. The van der Waals surface area contributed by atoms with Crippen molar-refractivity contribution in [3.05, 3.63) is 40.8 Å². The summed E-state index contributed by atoms with van der Waals surface area (Å²) in [5.41, 5.74) is 0.584. The van der Waals surface area contributed by atoms with Crippen LogP contribution in [0.5, 0.6) is 11.5 Å². The van der Waals surface area contributed by atoms with E-state index in [1.807, 2.05) is 0 Å². The molecule has 170 valence electrons. The lowest BCUT2D eigenvalue weighted by Gasteiger charge is -2.55. The molecular weight excluding hydrogens is 460 g/mol. The second kappa shape index (κ2) is 7.68. The summed E-state index contributed by atoms with van der Waals surface area (Å²) in [5, 5.41) is 24.2. The number of hydrogen-bond donors (Lipinski definition) is 4. The van der Waals surface area contributed by atoms with Crippen molar-refractivity contribution < 1.29 is 33.7 Å². The monoisotopic (exact) mass is 480 g/mol. The van der Waals surface area contributed by atoms with Gasteiger partial charge in [0, 0.05) is 11.8 Å². The van der Waals surface area contributed by atoms with Gasteiger partial charge in [-0.1, -0.05) is 33.7 Å². The molecule has 3 aliphatic rings. The zero-order chi connectivity index (χ0) is 22.7. The van der Waals surface area contributed by atoms with E-state index in [0.717, 1.165) is 0 Å². The van der Waals surface area contributed by atoms with Gasteiger partial charge in [0.15, 0.2) is 16.2 Å². The number of amides is 1. The third kappa shape index (κ3) is 3.13. The Labute approximate surface area is 189 Å². The summed E-state index contributed by atoms with van der Waals surface area (Å²) in [4.78, 5) is 30.0. The smallest absolute Gasteiger partial charge is 0.360 e. The van der Waals surface area contributed by atoms with Crippen LogP contribution in [0, 0.1) is 0 Å². The standard InChI is InChI=1S/C20H20N2O8S2/c1-27-12-5-3-9-7-10(17(24)29-14(9)15(12)28-2)21-18(25)20-8-19(26)13(31-32-20)6-4-11(23)16(19)30-22-20/h3-7,11,13,16,22-23,26H,8H2,1-2H3,(H,21,25). The van der Waals surface area contributed by atoms with Gasteiger partial charge in [-0.25, -0.2) is 4.79 Å². The molecule has 3 heterocycles. The summed E-state index contributed by atoms with van der Waals surface area (Å²) in [5.74, 6) is 0.0824. The number of ether oxygens (including phenoxy) is 2. The summed E-state index contributed by atoms with van der Waals surface area (Å²) in [7, 11) is 5.39. The fraction of sp³-hybridized carbons (Fsp3) is 0.400. The highest BCUT2D eigenvalue weighted by atomic mass is 33.1. The summed E-state index contributed by atoms with van der Waals surface area (Å²) >= 11 is 0. The summed E-state index contributed by atoms with van der Waals surface area (Å²) in [6.07, 6.45) is 1.34. The molecule has 0 saturated carbocycles. The maximum atomic E-state index is 13.3. The van der Waals surface area contributed by atoms with Crippen molar-refractivity contribution in [1.82, 2.24) is 5.48 Å². The van der Waals surface area contributed by atoms with Crippen LogP contribution in [0.1, 0.15) is 6.42 Å². The first kappa shape index (κ1) is 21.6. The first-order valence-corrected chi connectivity index (χ1v) is 11.9. The van der Waals surface area contributed by atoms with Gasteiger partial charge >= 0.3 is 5.63 Å². The van der Waals surface area contributed by atoms with Crippen LogP contribution >= 0.6 is 21.6 Å². The van der Waals surface area contributed by atoms with Crippen LogP contribution in [0.2, 0.25) is 0 Å². The van der Waals surface area contributed by atoms with E-state index in [1.54, 1.807) is 24.3 Å². The molecule has 2 bridgehead atoms. The van der Waals surface area contributed by atoms with E-state index in [0.29, 0.717) is 11.1 Å². The first-order valence-electron chi connectivity index (χ1n) is 9.68. The van der Waals surface area contributed by atoms with Crippen LogP contribution in [0.25, 0.3) is 11.0 Å². The topological polar surface area (TPSA) is 139 Å². The van der Waals surface area contributed by atoms with Crippen molar-refractivity contribution in [3.63, 3.8) is 0 Å². The second-order valence-electron chi connectivity index (χ2n) is 7.73. The molecule has 4 N–H and O–H groups in total. The molecule has 5 atom stereocenters. The zero-order valence-corrected chi connectivity index (χ0v) is 18.6. The molecular formula is C20H20N2O8S2. The highest BCUT2D eigenvalue weighted by Gasteiger charge is 2.64. The van der Waals surface area contributed by atoms with Gasteiger partial charge in [-0.05, 0) is 18.2 Å². The lowest BCUT2D eigenvalue weighted by atomic mass is 9.78. The van der Waals surface area contributed by atoms with Crippen molar-refractivity contribution >= 4 is 44.2 Å². The molecule has 1 aromatic heterocycles. The molecule has 1 aliphatic carbocycles. The Morgan fingerprint density at radius 3 is 2.88 bits per heavy atom. The number of hydroxylamine groups is 1. The summed E-state index contributed by atoms with van der Waals surface area (Å²) in [6, 6.07) is 4.82. The predicted molar refractivity (Wildman–Crippen MR) is 119 cm³/mol. The number of aliphatic hydroxyl groups excluding tert-OH is 1. The Kier molecular flexibility index (Phi) is 5.19. The van der Waals surface area contributed by atoms with Crippen molar-refractivity contribution in [3.8, 4) is 11.5 Å². The molecule has 2 saturated heterocycles. The molecule has 0 radical (unpaired) electrons. The van der Waals surface area contributed by atoms with Gasteiger partial charge in [0.1, 0.15) is 23.5 Å². The van der Waals surface area contributed by atoms with Crippen molar-refractivity contribution in [2.45, 2.75) is 34.4 Å². The molecule has 2 aromatic rings. The average Bonchev–Trinajstić information content (AvgIpc) is 2.78. The minimum atomic E-state index is -1.45. The molecule has 1 amide bonds. The van der Waals surface area contributed by atoms with Gasteiger partial charge in [0.25, 0.3) is 5.91 Å². The first-order chi connectivity index (χ1) is 15.3. The van der Waals surface area contributed by atoms with Gasteiger partial charge in [-0.2, -0.15) is 5.48 Å². The van der Waals surface area contributed by atoms with Crippen LogP contribution in [0.15, 0.2) is 39.6 Å². The van der Waals surface area contributed by atoms with E-state index in [1.165, 1.54) is 41.9 Å². The van der Waals surface area contributed by atoms with E-state index in [9.17, 15) is 19.8 Å². The number of hydrogen-bond acceptors (Lipinski definition) is 11. The number of benzene rings is 1. The van der Waals surface area contributed by atoms with E-state index in [4.69, 9.17) is 18.7 Å². The second-order valence-corrected chi connectivity index (χ2v) is 10.4. The fourth-order valence-corrected chi connectivity index (χ4v) is 7.48. The minimum absolute atomic E-state index is 0.0236. The van der Waals surface area contributed by atoms with Gasteiger partial charge < -0.3 is 29.4 Å². The fourth-order valence-electron chi connectivity index (χ4n) is 4.17. The zero-order valence-electron chi connectivity index (χ0n) is 17.0. The van der Waals surface area contributed by atoms with E-state index < -0.39 is 34.2 Å². The minimum Gasteiger partial charge on any atom is -0.493 e. The Hall–Kier alpha value is -2.22. The number of aliphatic hydroxyl groups is 2. The molecule has 2 fully saturated rings. The van der Waals surface area contributed by atoms with Gasteiger partial charge in [-0.3, -0.25) is 9.63 Å². The number of anilines is 1. The molecule has 10 nitrogen and oxygen atoms in total. The van der Waals surface area contributed by atoms with E-state index in [2.05, 4.69) is 10.8 Å². The molecule has 5 rings (SSSR count). The lowest BCUT2D eigenvalue weighted by molar-refractivity contribution is -0.224. The van der Waals surface area contributed by atoms with E-state index in [-0.39, 0.29) is 28.7 Å². The molecule has 0 spiro atoms. The molecule has 12 heteroatoms. The number of nitrogens with one attached hydrogen (secondary N) is 2.